The van der Waals surface area contributed by atoms with E-state index in [2.05, 4.69) is 15.1 Å². The van der Waals surface area contributed by atoms with Crippen molar-refractivity contribution in [2.75, 3.05) is 13.1 Å². The summed E-state index contributed by atoms with van der Waals surface area (Å²) in [5, 5.41) is 8.01. The Morgan fingerprint density at radius 2 is 1.93 bits per heavy atom. The fourth-order valence-corrected chi connectivity index (χ4v) is 1.94. The predicted molar refractivity (Wildman–Crippen MR) is 54.7 cm³/mol. The zero-order chi connectivity index (χ0) is 9.80. The van der Waals surface area contributed by atoms with Crippen LogP contribution in [0.25, 0.3) is 0 Å². The van der Waals surface area contributed by atoms with E-state index in [0.29, 0.717) is 0 Å². The third-order valence-electron chi connectivity index (χ3n) is 2.87. The largest absolute Gasteiger partial charge is 0.320 e. The van der Waals surface area contributed by atoms with Crippen LogP contribution in [0, 0.1) is 0 Å². The van der Waals surface area contributed by atoms with E-state index in [4.69, 9.17) is 0 Å². The first-order valence-corrected chi connectivity index (χ1v) is 5.41. The number of nitrogens with zero attached hydrogens (tertiary/aromatic N) is 4. The van der Waals surface area contributed by atoms with Crippen molar-refractivity contribution in [2.24, 2.45) is 7.05 Å². The molecule has 0 unspecified atom stereocenters. The molecule has 1 aliphatic rings. The van der Waals surface area contributed by atoms with E-state index in [1.54, 1.807) is 6.33 Å². The maximum atomic E-state index is 4.11. The van der Waals surface area contributed by atoms with Crippen molar-refractivity contribution in [3.05, 3.63) is 12.2 Å². The fourth-order valence-electron chi connectivity index (χ4n) is 1.94. The number of likely N-dealkylation sites (tertiary alicyclic amines) is 1. The molecule has 0 radical (unpaired) electrons. The molecule has 0 N–H and O–H groups in total. The smallest absolute Gasteiger partial charge is 0.146 e. The Bertz CT molecular complexity index is 273. The molecule has 0 bridgehead atoms. The van der Waals surface area contributed by atoms with Gasteiger partial charge in [-0.2, -0.15) is 0 Å². The van der Waals surface area contributed by atoms with Crippen LogP contribution in [0.4, 0.5) is 0 Å². The number of hydrogen-bond donors (Lipinski definition) is 0. The van der Waals surface area contributed by atoms with Gasteiger partial charge in [-0.3, -0.25) is 4.90 Å². The van der Waals surface area contributed by atoms with Gasteiger partial charge in [0.15, 0.2) is 0 Å². The summed E-state index contributed by atoms with van der Waals surface area (Å²) in [6.45, 7) is 3.39. The van der Waals surface area contributed by atoms with Crippen LogP contribution in [0.5, 0.6) is 0 Å². The molecule has 1 aromatic rings. The molecule has 0 saturated carbocycles. The van der Waals surface area contributed by atoms with E-state index in [1.807, 2.05) is 11.6 Å². The molecule has 0 amide bonds. The number of hydrogen-bond acceptors (Lipinski definition) is 3. The Kier molecular flexibility index (Phi) is 3.14. The molecule has 14 heavy (non-hydrogen) atoms. The molecule has 0 aliphatic carbocycles. The van der Waals surface area contributed by atoms with Gasteiger partial charge in [0.1, 0.15) is 12.2 Å². The van der Waals surface area contributed by atoms with Crippen LogP contribution < -0.4 is 0 Å². The molecule has 4 heteroatoms. The topological polar surface area (TPSA) is 34.0 Å². The monoisotopic (exact) mass is 194 g/mol. The Morgan fingerprint density at radius 3 is 2.50 bits per heavy atom. The van der Waals surface area contributed by atoms with Crippen molar-refractivity contribution in [1.29, 1.82) is 0 Å². The summed E-state index contributed by atoms with van der Waals surface area (Å²) in [5.41, 5.74) is 0. The number of aryl methyl sites for hydroxylation is 1. The highest BCUT2D eigenvalue weighted by Gasteiger charge is 2.11. The van der Waals surface area contributed by atoms with E-state index >= 15 is 0 Å². The molecule has 1 aromatic heterocycles. The number of aromatic nitrogens is 3. The average Bonchev–Trinajstić information content (AvgIpc) is 2.44. The Balaban J connectivity index is 1.92. The van der Waals surface area contributed by atoms with Gasteiger partial charge in [-0.25, -0.2) is 0 Å². The van der Waals surface area contributed by atoms with Crippen molar-refractivity contribution in [1.82, 2.24) is 19.7 Å². The molecule has 1 aliphatic heterocycles. The van der Waals surface area contributed by atoms with Gasteiger partial charge in [0.2, 0.25) is 0 Å². The van der Waals surface area contributed by atoms with Crippen LogP contribution in [0.1, 0.15) is 31.5 Å². The van der Waals surface area contributed by atoms with Gasteiger partial charge in [-0.15, -0.1) is 10.2 Å². The summed E-state index contributed by atoms with van der Waals surface area (Å²) >= 11 is 0. The van der Waals surface area contributed by atoms with Gasteiger partial charge in [-0.1, -0.05) is 12.8 Å². The Hall–Kier alpha value is -0.900. The SMILES string of the molecule is Cn1cnnc1CN1CCCCCC1. The summed E-state index contributed by atoms with van der Waals surface area (Å²) in [6.07, 6.45) is 7.20. The predicted octanol–water partition coefficient (Wildman–Crippen LogP) is 1.19. The van der Waals surface area contributed by atoms with Crippen molar-refractivity contribution in [3.8, 4) is 0 Å². The minimum Gasteiger partial charge on any atom is -0.320 e. The van der Waals surface area contributed by atoms with Crippen LogP contribution in [-0.4, -0.2) is 32.8 Å². The summed E-state index contributed by atoms with van der Waals surface area (Å²) in [5.74, 6) is 1.08. The van der Waals surface area contributed by atoms with Crippen molar-refractivity contribution >= 4 is 0 Å². The minimum atomic E-state index is 0.955. The van der Waals surface area contributed by atoms with Gasteiger partial charge in [0.05, 0.1) is 6.54 Å². The summed E-state index contributed by atoms with van der Waals surface area (Å²) < 4.78 is 2.00. The maximum Gasteiger partial charge on any atom is 0.146 e. The van der Waals surface area contributed by atoms with Crippen LogP contribution in [-0.2, 0) is 13.6 Å². The summed E-state index contributed by atoms with van der Waals surface area (Å²) in [7, 11) is 2.01. The zero-order valence-electron chi connectivity index (χ0n) is 8.82. The Labute approximate surface area is 84.9 Å². The average molecular weight is 194 g/mol. The van der Waals surface area contributed by atoms with E-state index in [0.717, 1.165) is 12.4 Å². The molecule has 2 heterocycles. The minimum absolute atomic E-state index is 0.955. The lowest BCUT2D eigenvalue weighted by Crippen LogP contribution is -2.25. The molecule has 1 fully saturated rings. The van der Waals surface area contributed by atoms with E-state index in [9.17, 15) is 0 Å². The van der Waals surface area contributed by atoms with Crippen LogP contribution in [0.2, 0.25) is 0 Å². The molecule has 0 spiro atoms. The van der Waals surface area contributed by atoms with Crippen LogP contribution >= 0.6 is 0 Å². The molecule has 4 nitrogen and oxygen atoms in total. The molecule has 0 aromatic carbocycles. The van der Waals surface area contributed by atoms with E-state index in [-0.39, 0.29) is 0 Å². The highest BCUT2D eigenvalue weighted by atomic mass is 15.3. The van der Waals surface area contributed by atoms with Gasteiger partial charge in [0, 0.05) is 7.05 Å². The van der Waals surface area contributed by atoms with Crippen LogP contribution in [0.15, 0.2) is 6.33 Å². The first kappa shape index (κ1) is 9.65. The highest BCUT2D eigenvalue weighted by Crippen LogP contribution is 2.11. The standard InChI is InChI=1S/C10H18N4/c1-13-9-11-12-10(13)8-14-6-4-2-3-5-7-14/h9H,2-8H2,1H3. The van der Waals surface area contributed by atoms with Gasteiger partial charge in [0.25, 0.3) is 0 Å². The zero-order valence-corrected chi connectivity index (χ0v) is 8.82. The van der Waals surface area contributed by atoms with Gasteiger partial charge in [-0.05, 0) is 25.9 Å². The lowest BCUT2D eigenvalue weighted by Gasteiger charge is -2.18. The van der Waals surface area contributed by atoms with Crippen molar-refractivity contribution in [2.45, 2.75) is 32.2 Å². The number of rotatable bonds is 2. The summed E-state index contributed by atoms with van der Waals surface area (Å²) in [4.78, 5) is 2.48. The normalized spacial score (nSPS) is 19.5. The molecule has 78 valence electrons. The first-order chi connectivity index (χ1) is 6.86. The molecular formula is C10H18N4. The van der Waals surface area contributed by atoms with E-state index < -0.39 is 0 Å². The molecule has 2 rings (SSSR count). The lowest BCUT2D eigenvalue weighted by molar-refractivity contribution is 0.267. The quantitative estimate of drug-likeness (QED) is 0.709. The lowest BCUT2D eigenvalue weighted by atomic mass is 10.2. The Morgan fingerprint density at radius 1 is 1.21 bits per heavy atom. The second-order valence-corrected chi connectivity index (χ2v) is 4.05. The van der Waals surface area contributed by atoms with Gasteiger partial charge >= 0.3 is 0 Å². The molecule has 0 atom stereocenters. The van der Waals surface area contributed by atoms with Crippen LogP contribution in [0.3, 0.4) is 0 Å². The third kappa shape index (κ3) is 2.32. The van der Waals surface area contributed by atoms with Crippen molar-refractivity contribution in [3.63, 3.8) is 0 Å². The molecular weight excluding hydrogens is 176 g/mol. The molecule has 1 saturated heterocycles. The first-order valence-electron chi connectivity index (χ1n) is 5.41. The van der Waals surface area contributed by atoms with E-state index in [1.165, 1.54) is 38.8 Å². The summed E-state index contributed by atoms with van der Waals surface area (Å²) in [6, 6.07) is 0. The van der Waals surface area contributed by atoms with Gasteiger partial charge < -0.3 is 4.57 Å². The van der Waals surface area contributed by atoms with Crippen molar-refractivity contribution < 1.29 is 0 Å². The third-order valence-corrected chi connectivity index (χ3v) is 2.87. The highest BCUT2D eigenvalue weighted by molar-refractivity contribution is 4.84. The second-order valence-electron chi connectivity index (χ2n) is 4.05. The fraction of sp³-hybridized carbons (Fsp3) is 0.800. The second kappa shape index (κ2) is 4.55. The maximum absolute atomic E-state index is 4.11.